The molecule has 3 aromatic heterocycles. The van der Waals surface area contributed by atoms with Crippen LogP contribution in [0.4, 0.5) is 20.4 Å². The topological polar surface area (TPSA) is 137 Å². The minimum absolute atomic E-state index is 0.0327. The number of nitrogens with one attached hydrogen (secondary N) is 2. The second-order valence-corrected chi connectivity index (χ2v) is 8.39. The van der Waals surface area contributed by atoms with Crippen LogP contribution in [0, 0.1) is 12.7 Å². The van der Waals surface area contributed by atoms with Gasteiger partial charge >= 0.3 is 0 Å². The molecule has 0 aliphatic heterocycles. The molecule has 0 radical (unpaired) electrons. The molecule has 4 aromatic rings. The molecule has 0 saturated heterocycles. The van der Waals surface area contributed by atoms with Gasteiger partial charge in [-0.05, 0) is 37.0 Å². The zero-order chi connectivity index (χ0) is 24.6. The largest absolute Gasteiger partial charge is 0.345 e. The van der Waals surface area contributed by atoms with Gasteiger partial charge in [0.25, 0.3) is 11.7 Å². The fraction of sp³-hybridized carbons (Fsp3) is 0.318. The van der Waals surface area contributed by atoms with Crippen LogP contribution < -0.4 is 10.6 Å². The molecule has 1 amide bonds. The summed E-state index contributed by atoms with van der Waals surface area (Å²) < 4.78 is 35.1. The fourth-order valence-corrected chi connectivity index (χ4v) is 3.53. The molecule has 1 aromatic carbocycles. The number of alkyl halides is 1. The van der Waals surface area contributed by atoms with Gasteiger partial charge < -0.3 is 15.2 Å². The molecule has 35 heavy (non-hydrogen) atoms. The van der Waals surface area contributed by atoms with Crippen LogP contribution in [0.5, 0.6) is 0 Å². The summed E-state index contributed by atoms with van der Waals surface area (Å²) in [7, 11) is 1.78. The molecule has 1 aliphatic rings. The average Bonchev–Trinajstić information content (AvgIpc) is 3.29. The molecule has 11 nitrogen and oxygen atoms in total. The molecule has 1 fully saturated rings. The number of halogens is 2. The van der Waals surface area contributed by atoms with Crippen LogP contribution >= 0.6 is 0 Å². The predicted octanol–water partition coefficient (Wildman–Crippen LogP) is 2.78. The van der Waals surface area contributed by atoms with Crippen molar-refractivity contribution < 1.29 is 18.1 Å². The van der Waals surface area contributed by atoms with Gasteiger partial charge in [0.15, 0.2) is 5.82 Å². The Bertz CT molecular complexity index is 1400. The number of benzene rings is 1. The van der Waals surface area contributed by atoms with E-state index in [-0.39, 0.29) is 35.6 Å². The van der Waals surface area contributed by atoms with Crippen molar-refractivity contribution in [1.82, 2.24) is 40.2 Å². The SMILES string of the molecule is Cc1c(CNC(=O)c2noc(C3(CF)CC3)n2)ccc(-c2ncnc(Nc3cnn(C)c3)n2)c1F. The van der Waals surface area contributed by atoms with E-state index >= 15 is 4.39 Å². The second kappa shape index (κ2) is 8.81. The van der Waals surface area contributed by atoms with Gasteiger partial charge in [0.2, 0.25) is 11.8 Å². The molecular weight excluding hydrogens is 460 g/mol. The fourth-order valence-electron chi connectivity index (χ4n) is 3.53. The molecule has 0 atom stereocenters. The Labute approximate surface area is 198 Å². The van der Waals surface area contributed by atoms with E-state index in [0.717, 1.165) is 0 Å². The van der Waals surface area contributed by atoms with Gasteiger partial charge in [-0.1, -0.05) is 11.2 Å². The van der Waals surface area contributed by atoms with Crippen molar-refractivity contribution in [3.63, 3.8) is 0 Å². The number of hydrogen-bond acceptors (Lipinski definition) is 9. The highest BCUT2D eigenvalue weighted by Gasteiger charge is 2.50. The van der Waals surface area contributed by atoms with Gasteiger partial charge in [0, 0.05) is 19.8 Å². The lowest BCUT2D eigenvalue weighted by Crippen LogP contribution is -2.24. The van der Waals surface area contributed by atoms with Crippen molar-refractivity contribution in [1.29, 1.82) is 0 Å². The zero-order valence-corrected chi connectivity index (χ0v) is 18.9. The lowest BCUT2D eigenvalue weighted by atomic mass is 10.0. The molecule has 5 rings (SSSR count). The van der Waals surface area contributed by atoms with Crippen LogP contribution in [-0.4, -0.2) is 47.5 Å². The summed E-state index contributed by atoms with van der Waals surface area (Å²) in [5.74, 6) is -0.766. The van der Waals surface area contributed by atoms with E-state index in [1.807, 2.05) is 0 Å². The van der Waals surface area contributed by atoms with Gasteiger partial charge in [-0.2, -0.15) is 15.1 Å². The minimum Gasteiger partial charge on any atom is -0.345 e. The maximum Gasteiger partial charge on any atom is 0.292 e. The Kier molecular flexibility index (Phi) is 5.67. The van der Waals surface area contributed by atoms with E-state index in [0.29, 0.717) is 29.7 Å². The molecule has 1 aliphatic carbocycles. The van der Waals surface area contributed by atoms with Crippen LogP contribution in [0.3, 0.4) is 0 Å². The Morgan fingerprint density at radius 3 is 2.80 bits per heavy atom. The maximum absolute atomic E-state index is 15.2. The van der Waals surface area contributed by atoms with Gasteiger partial charge in [-0.15, -0.1) is 0 Å². The highest BCUT2D eigenvalue weighted by molar-refractivity contribution is 5.90. The summed E-state index contributed by atoms with van der Waals surface area (Å²) in [6.07, 6.45) is 5.87. The van der Waals surface area contributed by atoms with E-state index in [4.69, 9.17) is 4.52 Å². The van der Waals surface area contributed by atoms with Gasteiger partial charge in [-0.25, -0.2) is 18.7 Å². The van der Waals surface area contributed by atoms with Crippen LogP contribution in [0.25, 0.3) is 11.4 Å². The first-order valence-electron chi connectivity index (χ1n) is 10.8. The summed E-state index contributed by atoms with van der Waals surface area (Å²) in [5, 5.41) is 13.3. The minimum atomic E-state index is -0.747. The van der Waals surface area contributed by atoms with Crippen LogP contribution in [0.15, 0.2) is 35.4 Å². The third kappa shape index (κ3) is 4.44. The molecule has 1 saturated carbocycles. The lowest BCUT2D eigenvalue weighted by Gasteiger charge is -2.11. The Morgan fingerprint density at radius 1 is 1.26 bits per heavy atom. The number of hydrogen-bond donors (Lipinski definition) is 2. The van der Waals surface area contributed by atoms with Gasteiger partial charge in [0.1, 0.15) is 18.8 Å². The first-order valence-corrected chi connectivity index (χ1v) is 10.8. The number of rotatable bonds is 8. The zero-order valence-electron chi connectivity index (χ0n) is 18.9. The summed E-state index contributed by atoms with van der Waals surface area (Å²) >= 11 is 0. The molecule has 180 valence electrons. The van der Waals surface area contributed by atoms with Gasteiger partial charge in [-0.3, -0.25) is 9.48 Å². The van der Waals surface area contributed by atoms with Crippen molar-refractivity contribution in [3.05, 3.63) is 59.5 Å². The monoisotopic (exact) mass is 481 g/mol. The molecule has 0 bridgehead atoms. The van der Waals surface area contributed by atoms with Crippen molar-refractivity contribution in [2.75, 3.05) is 12.0 Å². The van der Waals surface area contributed by atoms with E-state index in [9.17, 15) is 9.18 Å². The highest BCUT2D eigenvalue weighted by atomic mass is 19.1. The summed E-state index contributed by atoms with van der Waals surface area (Å²) in [6.45, 7) is 1.02. The molecule has 0 unspecified atom stereocenters. The standard InChI is InChI=1S/C22H21F2N9O2/c1-12-13(7-25-19(34)18-30-20(35-32-18)22(10-23)5-6-22)3-4-15(16(12)24)17-26-11-27-21(31-17)29-14-8-28-33(2)9-14/h3-4,8-9,11H,5-7,10H2,1-2H3,(H,25,34)(H,26,27,29,31). The maximum atomic E-state index is 15.2. The van der Waals surface area contributed by atoms with Crippen LogP contribution in [0.1, 0.15) is 40.5 Å². The number of nitrogens with zero attached hydrogens (tertiary/aromatic N) is 7. The third-order valence-corrected chi connectivity index (χ3v) is 5.90. The number of carbonyl (C=O) groups is 1. The summed E-state index contributed by atoms with van der Waals surface area (Å²) in [6, 6.07) is 3.22. The van der Waals surface area contributed by atoms with E-state index in [1.165, 1.54) is 12.4 Å². The van der Waals surface area contributed by atoms with E-state index < -0.39 is 23.8 Å². The smallest absolute Gasteiger partial charge is 0.292 e. The summed E-state index contributed by atoms with van der Waals surface area (Å²) in [5.41, 5.74) is 1.00. The highest BCUT2D eigenvalue weighted by Crippen LogP contribution is 2.47. The first kappa shape index (κ1) is 22.5. The Hall–Kier alpha value is -4.29. The van der Waals surface area contributed by atoms with Crippen LogP contribution in [0.2, 0.25) is 0 Å². The second-order valence-electron chi connectivity index (χ2n) is 8.39. The van der Waals surface area contributed by atoms with Crippen molar-refractivity contribution in [2.24, 2.45) is 7.05 Å². The summed E-state index contributed by atoms with van der Waals surface area (Å²) in [4.78, 5) is 28.9. The third-order valence-electron chi connectivity index (χ3n) is 5.90. The predicted molar refractivity (Wildman–Crippen MR) is 119 cm³/mol. The van der Waals surface area contributed by atoms with Gasteiger partial charge in [0.05, 0.1) is 22.9 Å². The number of amides is 1. The van der Waals surface area contributed by atoms with Crippen molar-refractivity contribution in [3.8, 4) is 11.4 Å². The first-order chi connectivity index (χ1) is 16.9. The molecule has 0 spiro atoms. The Balaban J connectivity index is 1.28. The number of aromatic nitrogens is 7. The average molecular weight is 481 g/mol. The number of aryl methyl sites for hydroxylation is 1. The van der Waals surface area contributed by atoms with E-state index in [1.54, 1.807) is 37.1 Å². The van der Waals surface area contributed by atoms with E-state index in [2.05, 4.69) is 40.8 Å². The molecule has 13 heteroatoms. The molecule has 3 heterocycles. The Morgan fingerprint density at radius 2 is 2.09 bits per heavy atom. The lowest BCUT2D eigenvalue weighted by molar-refractivity contribution is 0.0937. The van der Waals surface area contributed by atoms with Crippen molar-refractivity contribution in [2.45, 2.75) is 31.7 Å². The quantitative estimate of drug-likeness (QED) is 0.389. The number of carbonyl (C=O) groups excluding carboxylic acids is 1. The number of anilines is 2. The van der Waals surface area contributed by atoms with Crippen LogP contribution in [-0.2, 0) is 19.0 Å². The molecular formula is C22H21F2N9O2. The normalized spacial score (nSPS) is 14.1. The molecule has 2 N–H and O–H groups in total. The van der Waals surface area contributed by atoms with Crippen molar-refractivity contribution >= 4 is 17.5 Å².